The van der Waals surface area contributed by atoms with Gasteiger partial charge < -0.3 is 4.79 Å². The van der Waals surface area contributed by atoms with Crippen LogP contribution in [0, 0.1) is 0 Å². The summed E-state index contributed by atoms with van der Waals surface area (Å²) in [6.07, 6.45) is 3.76. The highest BCUT2D eigenvalue weighted by atomic mass is 16.1. The number of Topliss-reactive ketones (excluding diaryl/α,β-unsaturated/α-hetero) is 1. The minimum absolute atomic E-state index is 0.196. The lowest BCUT2D eigenvalue weighted by molar-refractivity contribution is -0.117. The van der Waals surface area contributed by atoms with E-state index in [9.17, 15) is 4.79 Å². The van der Waals surface area contributed by atoms with Gasteiger partial charge in [-0.15, -0.1) is 0 Å². The van der Waals surface area contributed by atoms with Crippen LogP contribution in [0.3, 0.4) is 0 Å². The Morgan fingerprint density at radius 2 is 1.83 bits per heavy atom. The number of carbonyl (C=O) groups is 1. The fourth-order valence-electron chi connectivity index (χ4n) is 2.20. The lowest BCUT2D eigenvalue weighted by atomic mass is 9.84. The second-order valence-electron chi connectivity index (χ2n) is 6.14. The Balaban J connectivity index is 2.89. The zero-order valence-electron chi connectivity index (χ0n) is 12.5. The summed E-state index contributed by atoms with van der Waals surface area (Å²) in [7, 11) is 0. The average molecular weight is 246 g/mol. The predicted molar refractivity (Wildman–Crippen MR) is 78.1 cm³/mol. The van der Waals surface area contributed by atoms with Crippen LogP contribution in [0.25, 0.3) is 0 Å². The molecule has 0 spiro atoms. The van der Waals surface area contributed by atoms with Gasteiger partial charge in [0.05, 0.1) is 0 Å². The van der Waals surface area contributed by atoms with E-state index in [0.29, 0.717) is 12.2 Å². The summed E-state index contributed by atoms with van der Waals surface area (Å²) in [6, 6.07) is 6.83. The minimum atomic E-state index is 0.196. The first-order valence-electron chi connectivity index (χ1n) is 6.96. The van der Waals surface area contributed by atoms with Gasteiger partial charge in [0.15, 0.2) is 0 Å². The van der Waals surface area contributed by atoms with Gasteiger partial charge in [0.2, 0.25) is 0 Å². The summed E-state index contributed by atoms with van der Waals surface area (Å²) in [5, 5.41) is 0. The third-order valence-corrected chi connectivity index (χ3v) is 3.43. The monoisotopic (exact) mass is 246 g/mol. The van der Waals surface area contributed by atoms with Crippen molar-refractivity contribution in [3.8, 4) is 0 Å². The molecule has 1 rings (SSSR count). The van der Waals surface area contributed by atoms with Gasteiger partial charge in [-0.3, -0.25) is 0 Å². The van der Waals surface area contributed by atoms with E-state index < -0.39 is 0 Å². The van der Waals surface area contributed by atoms with Gasteiger partial charge in [-0.05, 0) is 48.3 Å². The number of carbonyl (C=O) groups excluding carboxylic acids is 1. The quantitative estimate of drug-likeness (QED) is 0.749. The summed E-state index contributed by atoms with van der Waals surface area (Å²) in [6.45, 7) is 10.6. The van der Waals surface area contributed by atoms with E-state index in [2.05, 4.69) is 45.9 Å². The molecule has 18 heavy (non-hydrogen) atoms. The Morgan fingerprint density at radius 1 is 1.17 bits per heavy atom. The molecule has 1 aromatic carbocycles. The van der Waals surface area contributed by atoms with Gasteiger partial charge in [0, 0.05) is 6.42 Å². The Hall–Kier alpha value is -1.11. The van der Waals surface area contributed by atoms with Crippen molar-refractivity contribution < 1.29 is 4.79 Å². The lowest BCUT2D eigenvalue weighted by Crippen LogP contribution is -2.12. The Kier molecular flexibility index (Phi) is 5.13. The molecule has 0 aliphatic rings. The van der Waals surface area contributed by atoms with E-state index in [1.165, 1.54) is 16.7 Å². The number of rotatable bonds is 5. The number of hydrogen-bond donors (Lipinski definition) is 0. The van der Waals surface area contributed by atoms with E-state index in [4.69, 9.17) is 0 Å². The molecule has 0 fully saturated rings. The van der Waals surface area contributed by atoms with E-state index in [1.807, 2.05) is 0 Å². The molecule has 0 saturated heterocycles. The molecule has 0 amide bonds. The first-order chi connectivity index (χ1) is 8.34. The maximum atomic E-state index is 11.0. The van der Waals surface area contributed by atoms with Gasteiger partial charge in [0.1, 0.15) is 5.78 Å². The summed E-state index contributed by atoms with van der Waals surface area (Å²) >= 11 is 0. The predicted octanol–water partition coefficient (Wildman–Crippen LogP) is 4.46. The van der Waals surface area contributed by atoms with E-state index in [-0.39, 0.29) is 5.41 Å². The highest BCUT2D eigenvalue weighted by molar-refractivity contribution is 5.75. The van der Waals surface area contributed by atoms with Crippen molar-refractivity contribution >= 4 is 5.78 Å². The number of benzene rings is 1. The third-order valence-electron chi connectivity index (χ3n) is 3.43. The average Bonchev–Trinajstić information content (AvgIpc) is 2.27. The standard InChI is InChI=1S/C17H26O/c1-6-14-10-11-16(17(3,4)5)12-15(14)9-7-8-13(2)18/h10-12H,6-9H2,1-5H3. The third kappa shape index (κ3) is 4.29. The maximum Gasteiger partial charge on any atom is 0.129 e. The summed E-state index contributed by atoms with van der Waals surface area (Å²) < 4.78 is 0. The lowest BCUT2D eigenvalue weighted by Gasteiger charge is -2.21. The largest absolute Gasteiger partial charge is 0.300 e. The smallest absolute Gasteiger partial charge is 0.129 e. The van der Waals surface area contributed by atoms with Crippen LogP contribution in [0.5, 0.6) is 0 Å². The van der Waals surface area contributed by atoms with Gasteiger partial charge in [-0.1, -0.05) is 45.9 Å². The van der Waals surface area contributed by atoms with Crippen LogP contribution >= 0.6 is 0 Å². The number of hydrogen-bond acceptors (Lipinski definition) is 1. The van der Waals surface area contributed by atoms with Crippen molar-refractivity contribution in [2.45, 2.75) is 65.7 Å². The molecule has 0 atom stereocenters. The Bertz CT molecular complexity index is 410. The molecule has 0 aliphatic heterocycles. The molecule has 0 aliphatic carbocycles. The molecule has 0 radical (unpaired) electrons. The minimum Gasteiger partial charge on any atom is -0.300 e. The number of aryl methyl sites for hydroxylation is 2. The normalized spacial score (nSPS) is 11.6. The molecule has 1 aromatic rings. The van der Waals surface area contributed by atoms with Crippen molar-refractivity contribution in [3.63, 3.8) is 0 Å². The molecule has 0 unspecified atom stereocenters. The SMILES string of the molecule is CCc1ccc(C(C)(C)C)cc1CCCC(C)=O. The molecule has 1 nitrogen and oxygen atoms in total. The zero-order chi connectivity index (χ0) is 13.8. The van der Waals surface area contributed by atoms with Crippen LogP contribution in [0.4, 0.5) is 0 Å². The van der Waals surface area contributed by atoms with Crippen LogP contribution < -0.4 is 0 Å². The first-order valence-corrected chi connectivity index (χ1v) is 6.96. The molecule has 0 saturated carbocycles. The molecular weight excluding hydrogens is 220 g/mol. The summed E-state index contributed by atoms with van der Waals surface area (Å²) in [4.78, 5) is 11.0. The highest BCUT2D eigenvalue weighted by Gasteiger charge is 2.15. The fourth-order valence-corrected chi connectivity index (χ4v) is 2.20. The zero-order valence-corrected chi connectivity index (χ0v) is 12.5. The van der Waals surface area contributed by atoms with Gasteiger partial charge >= 0.3 is 0 Å². The van der Waals surface area contributed by atoms with Crippen LogP contribution in [0.1, 0.15) is 64.2 Å². The molecule has 0 bridgehead atoms. The van der Waals surface area contributed by atoms with Crippen LogP contribution in [0.2, 0.25) is 0 Å². The molecule has 0 aromatic heterocycles. The van der Waals surface area contributed by atoms with Crippen molar-refractivity contribution in [2.24, 2.45) is 0 Å². The fraction of sp³-hybridized carbons (Fsp3) is 0.588. The molecule has 0 N–H and O–H groups in total. The molecule has 1 heteroatoms. The van der Waals surface area contributed by atoms with Crippen molar-refractivity contribution in [1.29, 1.82) is 0 Å². The molecular formula is C17H26O. The van der Waals surface area contributed by atoms with Gasteiger partial charge in [-0.2, -0.15) is 0 Å². The van der Waals surface area contributed by atoms with E-state index in [0.717, 1.165) is 19.3 Å². The van der Waals surface area contributed by atoms with Gasteiger partial charge in [-0.25, -0.2) is 0 Å². The highest BCUT2D eigenvalue weighted by Crippen LogP contribution is 2.25. The van der Waals surface area contributed by atoms with E-state index in [1.54, 1.807) is 6.92 Å². The first kappa shape index (κ1) is 14.9. The van der Waals surface area contributed by atoms with Crippen molar-refractivity contribution in [2.75, 3.05) is 0 Å². The number of ketones is 1. The van der Waals surface area contributed by atoms with Crippen molar-refractivity contribution in [1.82, 2.24) is 0 Å². The topological polar surface area (TPSA) is 17.1 Å². The van der Waals surface area contributed by atoms with Crippen LogP contribution in [-0.2, 0) is 23.1 Å². The van der Waals surface area contributed by atoms with Crippen LogP contribution in [0.15, 0.2) is 18.2 Å². The van der Waals surface area contributed by atoms with Crippen LogP contribution in [-0.4, -0.2) is 5.78 Å². The van der Waals surface area contributed by atoms with E-state index >= 15 is 0 Å². The molecule has 100 valence electrons. The Morgan fingerprint density at radius 3 is 2.33 bits per heavy atom. The summed E-state index contributed by atoms with van der Waals surface area (Å²) in [5.74, 6) is 0.292. The van der Waals surface area contributed by atoms with Crippen molar-refractivity contribution in [3.05, 3.63) is 34.9 Å². The maximum absolute atomic E-state index is 11.0. The molecule has 0 heterocycles. The second kappa shape index (κ2) is 6.17. The Labute approximate surface area is 112 Å². The second-order valence-corrected chi connectivity index (χ2v) is 6.14. The summed E-state index contributed by atoms with van der Waals surface area (Å²) in [5.41, 5.74) is 4.43. The van der Waals surface area contributed by atoms with Gasteiger partial charge in [0.25, 0.3) is 0 Å².